The molecule has 0 fully saturated rings. The Morgan fingerprint density at radius 1 is 0.929 bits per heavy atom. The maximum atomic E-state index is 5.92. The van der Waals surface area contributed by atoms with Crippen molar-refractivity contribution in [3.8, 4) is 5.75 Å². The maximum absolute atomic E-state index is 5.92. The standard InChI is InChI=1S/C24H25BrClNO/c1-18(7-8-19-5-3-2-4-6-19)27-16-21-11-14-24(23(25)15-21)28-17-20-9-12-22(26)13-10-20/h2-6,9-15,18,27H,7-8,16-17H2,1H3. The number of hydrogen-bond acceptors (Lipinski definition) is 2. The monoisotopic (exact) mass is 457 g/mol. The average Bonchev–Trinajstić information content (AvgIpc) is 2.72. The molecule has 0 aliphatic rings. The van der Waals surface area contributed by atoms with E-state index in [9.17, 15) is 0 Å². The van der Waals surface area contributed by atoms with Gasteiger partial charge in [-0.05, 0) is 76.7 Å². The molecule has 1 atom stereocenters. The van der Waals surface area contributed by atoms with Crippen LogP contribution in [0.25, 0.3) is 0 Å². The third-order valence-electron chi connectivity index (χ3n) is 4.67. The van der Waals surface area contributed by atoms with Gasteiger partial charge in [0.15, 0.2) is 0 Å². The number of rotatable bonds is 9. The van der Waals surface area contributed by atoms with Crippen molar-refractivity contribution in [1.29, 1.82) is 0 Å². The second kappa shape index (κ2) is 10.7. The molecule has 3 aromatic rings. The molecule has 0 bridgehead atoms. The Hall–Kier alpha value is -1.81. The van der Waals surface area contributed by atoms with E-state index in [1.54, 1.807) is 0 Å². The molecule has 1 unspecified atom stereocenters. The van der Waals surface area contributed by atoms with Gasteiger partial charge in [0.2, 0.25) is 0 Å². The van der Waals surface area contributed by atoms with E-state index in [1.165, 1.54) is 11.1 Å². The van der Waals surface area contributed by atoms with Gasteiger partial charge >= 0.3 is 0 Å². The Labute approximate surface area is 181 Å². The van der Waals surface area contributed by atoms with Crippen LogP contribution in [0.2, 0.25) is 5.02 Å². The van der Waals surface area contributed by atoms with E-state index in [4.69, 9.17) is 16.3 Å². The van der Waals surface area contributed by atoms with E-state index in [1.807, 2.05) is 30.3 Å². The number of benzene rings is 3. The molecule has 0 saturated carbocycles. The predicted molar refractivity (Wildman–Crippen MR) is 121 cm³/mol. The Morgan fingerprint density at radius 3 is 2.36 bits per heavy atom. The molecule has 4 heteroatoms. The second-order valence-electron chi connectivity index (χ2n) is 6.99. The van der Waals surface area contributed by atoms with Crippen molar-refractivity contribution in [3.05, 3.63) is 99.0 Å². The fourth-order valence-electron chi connectivity index (χ4n) is 2.94. The van der Waals surface area contributed by atoms with Crippen LogP contribution in [0.5, 0.6) is 5.75 Å². The van der Waals surface area contributed by atoms with Gasteiger partial charge in [-0.1, -0.05) is 60.1 Å². The summed E-state index contributed by atoms with van der Waals surface area (Å²) in [6.45, 7) is 3.59. The van der Waals surface area contributed by atoms with Gasteiger partial charge in [0.25, 0.3) is 0 Å². The zero-order valence-corrected chi connectivity index (χ0v) is 18.3. The molecule has 3 rings (SSSR count). The van der Waals surface area contributed by atoms with Crippen molar-refractivity contribution in [2.24, 2.45) is 0 Å². The average molecular weight is 459 g/mol. The van der Waals surface area contributed by atoms with Crippen LogP contribution >= 0.6 is 27.5 Å². The first kappa shape index (κ1) is 20.9. The van der Waals surface area contributed by atoms with Crippen molar-refractivity contribution in [3.63, 3.8) is 0 Å². The summed E-state index contributed by atoms with van der Waals surface area (Å²) in [5.41, 5.74) is 3.72. The number of aryl methyl sites for hydroxylation is 1. The van der Waals surface area contributed by atoms with E-state index in [-0.39, 0.29) is 0 Å². The highest BCUT2D eigenvalue weighted by atomic mass is 79.9. The first-order valence-electron chi connectivity index (χ1n) is 9.53. The molecule has 28 heavy (non-hydrogen) atoms. The summed E-state index contributed by atoms with van der Waals surface area (Å²) >= 11 is 9.55. The largest absolute Gasteiger partial charge is 0.488 e. The maximum Gasteiger partial charge on any atom is 0.134 e. The minimum Gasteiger partial charge on any atom is -0.488 e. The van der Waals surface area contributed by atoms with Crippen LogP contribution in [0, 0.1) is 0 Å². The molecule has 0 amide bonds. The lowest BCUT2D eigenvalue weighted by Crippen LogP contribution is -2.25. The van der Waals surface area contributed by atoms with E-state index >= 15 is 0 Å². The first-order chi connectivity index (χ1) is 13.6. The lowest BCUT2D eigenvalue weighted by Gasteiger charge is -2.15. The Kier molecular flexibility index (Phi) is 7.96. The third-order valence-corrected chi connectivity index (χ3v) is 5.54. The van der Waals surface area contributed by atoms with E-state index in [0.717, 1.165) is 40.2 Å². The molecule has 146 valence electrons. The summed E-state index contributed by atoms with van der Waals surface area (Å²) in [4.78, 5) is 0. The molecular weight excluding hydrogens is 434 g/mol. The van der Waals surface area contributed by atoms with Crippen LogP contribution in [-0.2, 0) is 19.6 Å². The van der Waals surface area contributed by atoms with Gasteiger partial charge in [-0.2, -0.15) is 0 Å². The summed E-state index contributed by atoms with van der Waals surface area (Å²) in [6, 6.07) is 25.1. The fraction of sp³-hybridized carbons (Fsp3) is 0.250. The lowest BCUT2D eigenvalue weighted by atomic mass is 10.1. The van der Waals surface area contributed by atoms with Crippen LogP contribution < -0.4 is 10.1 Å². The molecular formula is C24H25BrClNO. The molecule has 2 nitrogen and oxygen atoms in total. The summed E-state index contributed by atoms with van der Waals surface area (Å²) in [7, 11) is 0. The molecule has 1 N–H and O–H groups in total. The van der Waals surface area contributed by atoms with Gasteiger partial charge in [0, 0.05) is 17.6 Å². The third kappa shape index (κ3) is 6.66. The molecule has 0 radical (unpaired) electrons. The first-order valence-corrected chi connectivity index (χ1v) is 10.7. The topological polar surface area (TPSA) is 21.3 Å². The van der Waals surface area contributed by atoms with Crippen LogP contribution in [0.4, 0.5) is 0 Å². The van der Waals surface area contributed by atoms with E-state index in [2.05, 4.69) is 70.6 Å². The Balaban J connectivity index is 1.46. The number of hydrogen-bond donors (Lipinski definition) is 1. The molecule has 0 aliphatic heterocycles. The van der Waals surface area contributed by atoms with Crippen molar-refractivity contribution >= 4 is 27.5 Å². The van der Waals surface area contributed by atoms with E-state index < -0.39 is 0 Å². The highest BCUT2D eigenvalue weighted by Gasteiger charge is 2.06. The van der Waals surface area contributed by atoms with Gasteiger partial charge in [0.05, 0.1) is 4.47 Å². The molecule has 0 heterocycles. The van der Waals surface area contributed by atoms with Crippen LogP contribution in [0.3, 0.4) is 0 Å². The number of halogens is 2. The van der Waals surface area contributed by atoms with Gasteiger partial charge in [-0.3, -0.25) is 0 Å². The second-order valence-corrected chi connectivity index (χ2v) is 8.28. The smallest absolute Gasteiger partial charge is 0.134 e. The quantitative estimate of drug-likeness (QED) is 0.381. The number of nitrogens with one attached hydrogen (secondary N) is 1. The Bertz CT molecular complexity index is 868. The van der Waals surface area contributed by atoms with Crippen molar-refractivity contribution in [1.82, 2.24) is 5.32 Å². The van der Waals surface area contributed by atoms with Crippen LogP contribution in [0.1, 0.15) is 30.0 Å². The van der Waals surface area contributed by atoms with Crippen molar-refractivity contribution in [2.45, 2.75) is 39.0 Å². The summed E-state index contributed by atoms with van der Waals surface area (Å²) in [5.74, 6) is 0.843. The van der Waals surface area contributed by atoms with Gasteiger partial charge in [0.1, 0.15) is 12.4 Å². The summed E-state index contributed by atoms with van der Waals surface area (Å²) < 4.78 is 6.89. The highest BCUT2D eigenvalue weighted by Crippen LogP contribution is 2.27. The zero-order valence-electron chi connectivity index (χ0n) is 16.0. The molecule has 0 aromatic heterocycles. The van der Waals surface area contributed by atoms with Crippen LogP contribution in [-0.4, -0.2) is 6.04 Å². The van der Waals surface area contributed by atoms with Gasteiger partial charge in [-0.25, -0.2) is 0 Å². The highest BCUT2D eigenvalue weighted by molar-refractivity contribution is 9.10. The normalized spacial score (nSPS) is 12.0. The minimum absolute atomic E-state index is 0.458. The number of ether oxygens (including phenoxy) is 1. The fourth-order valence-corrected chi connectivity index (χ4v) is 3.60. The van der Waals surface area contributed by atoms with E-state index in [0.29, 0.717) is 12.6 Å². The van der Waals surface area contributed by atoms with Gasteiger partial charge in [-0.15, -0.1) is 0 Å². The zero-order chi connectivity index (χ0) is 19.8. The minimum atomic E-state index is 0.458. The van der Waals surface area contributed by atoms with Crippen molar-refractivity contribution in [2.75, 3.05) is 0 Å². The molecule has 0 aliphatic carbocycles. The Morgan fingerprint density at radius 2 is 1.64 bits per heavy atom. The summed E-state index contributed by atoms with van der Waals surface area (Å²) in [5, 5.41) is 4.34. The summed E-state index contributed by atoms with van der Waals surface area (Å²) in [6.07, 6.45) is 2.21. The molecule has 0 saturated heterocycles. The SMILES string of the molecule is CC(CCc1ccccc1)NCc1ccc(OCc2ccc(Cl)cc2)c(Br)c1. The van der Waals surface area contributed by atoms with Crippen molar-refractivity contribution < 1.29 is 4.74 Å². The predicted octanol–water partition coefficient (Wildman–Crippen LogP) is 6.79. The molecule has 0 spiro atoms. The lowest BCUT2D eigenvalue weighted by molar-refractivity contribution is 0.304. The van der Waals surface area contributed by atoms with Gasteiger partial charge < -0.3 is 10.1 Å². The molecule has 3 aromatic carbocycles. The van der Waals surface area contributed by atoms with Crippen LogP contribution in [0.15, 0.2) is 77.3 Å².